The monoisotopic (exact) mass is 745 g/mol. The van der Waals surface area contributed by atoms with Crippen LogP contribution in [-0.2, 0) is 52.5 Å². The summed E-state index contributed by atoms with van der Waals surface area (Å²) in [5.74, 6) is -4.14. The molecule has 0 radical (unpaired) electrons. The van der Waals surface area contributed by atoms with Crippen molar-refractivity contribution in [3.05, 3.63) is 0 Å². The zero-order chi connectivity index (χ0) is 40.9. The van der Waals surface area contributed by atoms with Gasteiger partial charge in [0.1, 0.15) is 34.0 Å². The van der Waals surface area contributed by atoms with E-state index in [4.69, 9.17) is 23.7 Å². The Kier molecular flexibility index (Phi) is 19.0. The summed E-state index contributed by atoms with van der Waals surface area (Å²) in [4.78, 5) is 81.7. The molecule has 15 nitrogen and oxygen atoms in total. The molecule has 0 spiro atoms. The van der Waals surface area contributed by atoms with Crippen LogP contribution in [0.15, 0.2) is 0 Å². The number of nitrogens with zero attached hydrogens (tertiary/aromatic N) is 3. The Morgan fingerprint density at radius 3 is 0.962 bits per heavy atom. The molecule has 0 amide bonds. The first-order valence-electron chi connectivity index (χ1n) is 17.7. The van der Waals surface area contributed by atoms with E-state index in [-0.39, 0.29) is 65.2 Å². The van der Waals surface area contributed by atoms with E-state index in [2.05, 4.69) is 0 Å². The zero-order valence-corrected chi connectivity index (χ0v) is 34.4. The lowest BCUT2D eigenvalue weighted by Crippen LogP contribution is -2.51. The number of carbonyl (C=O) groups is 6. The maximum absolute atomic E-state index is 13.7. The SMILES string of the molecule is CC(C)(C)OC(=O)CN(CCN(CCN(CC(=O)OC(C)(C)C)CC(=O)OC(C)(C)C)[C@H](CCC(=O)O)C(=O)OC(C)(C)C)CC(=O)OC(C)(C)C. The molecule has 0 aromatic rings. The fraction of sp³-hybridized carbons (Fsp3) is 0.838. The third kappa shape index (κ3) is 26.5. The smallest absolute Gasteiger partial charge is 0.323 e. The second-order valence-corrected chi connectivity index (χ2v) is 17.8. The molecule has 0 saturated heterocycles. The number of esters is 5. The van der Waals surface area contributed by atoms with E-state index in [1.807, 2.05) is 0 Å². The third-order valence-corrected chi connectivity index (χ3v) is 6.25. The molecule has 302 valence electrons. The van der Waals surface area contributed by atoms with E-state index < -0.39 is 69.9 Å². The summed E-state index contributed by atoms with van der Waals surface area (Å²) < 4.78 is 27.7. The normalized spacial score (nSPS) is 13.5. The van der Waals surface area contributed by atoms with Gasteiger partial charge in [0.15, 0.2) is 0 Å². The summed E-state index contributed by atoms with van der Waals surface area (Å²) >= 11 is 0. The van der Waals surface area contributed by atoms with E-state index in [1.54, 1.807) is 109 Å². The fourth-order valence-electron chi connectivity index (χ4n) is 4.70. The topological polar surface area (TPSA) is 179 Å². The van der Waals surface area contributed by atoms with Crippen LogP contribution in [0, 0.1) is 0 Å². The molecule has 0 unspecified atom stereocenters. The third-order valence-electron chi connectivity index (χ3n) is 6.25. The summed E-state index contributed by atoms with van der Waals surface area (Å²) in [6, 6.07) is -1.08. The molecule has 0 fully saturated rings. The van der Waals surface area contributed by atoms with E-state index in [1.165, 1.54) is 9.80 Å². The Labute approximate surface area is 310 Å². The van der Waals surface area contributed by atoms with E-state index in [0.717, 1.165) is 0 Å². The first-order chi connectivity index (χ1) is 23.2. The van der Waals surface area contributed by atoms with Crippen LogP contribution in [0.3, 0.4) is 0 Å². The summed E-state index contributed by atoms with van der Waals surface area (Å²) in [5.41, 5.74) is -4.05. The predicted octanol–water partition coefficient (Wildman–Crippen LogP) is 3.83. The van der Waals surface area contributed by atoms with Gasteiger partial charge in [0.2, 0.25) is 0 Å². The highest BCUT2D eigenvalue weighted by Gasteiger charge is 2.33. The number of carbonyl (C=O) groups excluding carboxylic acids is 5. The highest BCUT2D eigenvalue weighted by Crippen LogP contribution is 2.18. The Hall–Kier alpha value is -3.30. The lowest BCUT2D eigenvalue weighted by molar-refractivity contribution is -0.165. The van der Waals surface area contributed by atoms with Crippen molar-refractivity contribution in [3.63, 3.8) is 0 Å². The van der Waals surface area contributed by atoms with Crippen LogP contribution in [-0.4, -0.2) is 142 Å². The minimum Gasteiger partial charge on any atom is -0.481 e. The largest absolute Gasteiger partial charge is 0.481 e. The van der Waals surface area contributed by atoms with Crippen LogP contribution in [0.25, 0.3) is 0 Å². The average molecular weight is 746 g/mol. The molecule has 0 aliphatic carbocycles. The number of rotatable bonds is 19. The van der Waals surface area contributed by atoms with Crippen LogP contribution in [0.1, 0.15) is 117 Å². The number of hydrogen-bond acceptors (Lipinski definition) is 14. The molecule has 0 aromatic carbocycles. The standard InChI is InChI=1S/C37H67N3O12/c1-33(2,3)48-28(43)22-38(23-29(44)49-34(4,5)6)18-20-40(26(16-17-27(41)42)32(47)52-37(13,14)15)21-19-39(24-30(45)50-35(7,8)9)25-31(46)51-36(10,11)12/h26H,16-25H2,1-15H3,(H,41,42)/t26-/m1/s1. The molecule has 52 heavy (non-hydrogen) atoms. The summed E-state index contributed by atoms with van der Waals surface area (Å²) in [7, 11) is 0. The number of aliphatic carboxylic acids is 1. The van der Waals surface area contributed by atoms with Crippen molar-refractivity contribution in [2.75, 3.05) is 52.4 Å². The van der Waals surface area contributed by atoms with Crippen molar-refractivity contribution in [3.8, 4) is 0 Å². The lowest BCUT2D eigenvalue weighted by atomic mass is 10.1. The van der Waals surface area contributed by atoms with Gasteiger partial charge in [-0.05, 0) is 110 Å². The molecule has 0 aliphatic heterocycles. The van der Waals surface area contributed by atoms with Gasteiger partial charge in [0.05, 0.1) is 26.2 Å². The van der Waals surface area contributed by atoms with Gasteiger partial charge in [-0.15, -0.1) is 0 Å². The van der Waals surface area contributed by atoms with Crippen molar-refractivity contribution in [1.82, 2.24) is 14.7 Å². The van der Waals surface area contributed by atoms with Crippen LogP contribution < -0.4 is 0 Å². The molecule has 1 atom stereocenters. The second kappa shape index (κ2) is 20.2. The van der Waals surface area contributed by atoms with Gasteiger partial charge in [0, 0.05) is 32.6 Å². The van der Waals surface area contributed by atoms with E-state index >= 15 is 0 Å². The maximum Gasteiger partial charge on any atom is 0.323 e. The Bertz CT molecular complexity index is 1070. The number of carboxylic acid groups (broad SMARTS) is 1. The molecular weight excluding hydrogens is 678 g/mol. The van der Waals surface area contributed by atoms with E-state index in [9.17, 15) is 33.9 Å². The van der Waals surface area contributed by atoms with Crippen molar-refractivity contribution in [2.45, 2.75) is 151 Å². The first-order valence-corrected chi connectivity index (χ1v) is 17.7. The average Bonchev–Trinajstić information content (AvgIpc) is 2.83. The Morgan fingerprint density at radius 1 is 0.462 bits per heavy atom. The van der Waals surface area contributed by atoms with Crippen LogP contribution in [0.5, 0.6) is 0 Å². The maximum atomic E-state index is 13.7. The number of carboxylic acids is 1. The van der Waals surface area contributed by atoms with Crippen LogP contribution >= 0.6 is 0 Å². The quantitative estimate of drug-likeness (QED) is 0.149. The van der Waals surface area contributed by atoms with Gasteiger partial charge < -0.3 is 28.8 Å². The fourth-order valence-corrected chi connectivity index (χ4v) is 4.70. The minimum absolute atomic E-state index is 0.0435. The highest BCUT2D eigenvalue weighted by atomic mass is 16.6. The molecule has 0 aliphatic rings. The van der Waals surface area contributed by atoms with Gasteiger partial charge in [-0.2, -0.15) is 0 Å². The molecule has 1 N–H and O–H groups in total. The molecule has 0 heterocycles. The van der Waals surface area contributed by atoms with Gasteiger partial charge >= 0.3 is 35.8 Å². The predicted molar refractivity (Wildman–Crippen MR) is 194 cm³/mol. The summed E-state index contributed by atoms with van der Waals surface area (Å²) in [5, 5.41) is 9.57. The first kappa shape index (κ1) is 48.7. The number of ether oxygens (including phenoxy) is 5. The van der Waals surface area contributed by atoms with Crippen molar-refractivity contribution in [2.24, 2.45) is 0 Å². The molecule has 0 bridgehead atoms. The molecule has 0 saturated carbocycles. The van der Waals surface area contributed by atoms with Gasteiger partial charge in [-0.25, -0.2) is 0 Å². The van der Waals surface area contributed by atoms with Crippen LogP contribution in [0.2, 0.25) is 0 Å². The Balaban J connectivity index is 6.74. The molecular formula is C37H67N3O12. The van der Waals surface area contributed by atoms with Gasteiger partial charge in [0.25, 0.3) is 0 Å². The van der Waals surface area contributed by atoms with Gasteiger partial charge in [-0.3, -0.25) is 43.5 Å². The lowest BCUT2D eigenvalue weighted by Gasteiger charge is -2.35. The van der Waals surface area contributed by atoms with Crippen molar-refractivity contribution in [1.29, 1.82) is 0 Å². The Morgan fingerprint density at radius 2 is 0.731 bits per heavy atom. The summed E-state index contributed by atoms with van der Waals surface area (Å²) in [6.45, 7) is 24.8. The number of hydrogen-bond donors (Lipinski definition) is 1. The van der Waals surface area contributed by atoms with Crippen molar-refractivity contribution >= 4 is 35.8 Å². The molecule has 15 heteroatoms. The van der Waals surface area contributed by atoms with Gasteiger partial charge in [-0.1, -0.05) is 0 Å². The van der Waals surface area contributed by atoms with Crippen molar-refractivity contribution < 1.29 is 57.6 Å². The minimum atomic E-state index is -1.12. The van der Waals surface area contributed by atoms with E-state index in [0.29, 0.717) is 0 Å². The zero-order valence-electron chi connectivity index (χ0n) is 34.4. The molecule has 0 rings (SSSR count). The van der Waals surface area contributed by atoms with Crippen LogP contribution in [0.4, 0.5) is 0 Å². The second-order valence-electron chi connectivity index (χ2n) is 17.8. The molecule has 0 aromatic heterocycles. The summed E-state index contributed by atoms with van der Waals surface area (Å²) in [6.07, 6.45) is -0.486. The highest BCUT2D eigenvalue weighted by molar-refractivity contribution is 5.78.